The predicted octanol–water partition coefficient (Wildman–Crippen LogP) is 9.25. The van der Waals surface area contributed by atoms with Gasteiger partial charge in [0.1, 0.15) is 0 Å². The highest BCUT2D eigenvalue weighted by atomic mass is 15.1. The van der Waals surface area contributed by atoms with Crippen molar-refractivity contribution in [1.29, 1.82) is 0 Å². The molecule has 268 valence electrons. The molecule has 0 saturated heterocycles. The van der Waals surface area contributed by atoms with Gasteiger partial charge in [0.05, 0.1) is 34.2 Å². The van der Waals surface area contributed by atoms with Crippen LogP contribution in [0.3, 0.4) is 0 Å². The Balaban J connectivity index is 0.00000276. The second kappa shape index (κ2) is 18.8. The summed E-state index contributed by atoms with van der Waals surface area (Å²) in [7, 11) is 3.61. The quantitative estimate of drug-likeness (QED) is 0.0946. The molecule has 0 amide bonds. The highest BCUT2D eigenvalue weighted by Crippen LogP contribution is 2.35. The first-order valence-electron chi connectivity index (χ1n) is 18.1. The minimum Gasteiger partial charge on any atom is -0.349 e. The third-order valence-electron chi connectivity index (χ3n) is 9.07. The van der Waals surface area contributed by atoms with Crippen molar-refractivity contribution < 1.29 is 0 Å². The van der Waals surface area contributed by atoms with Crippen LogP contribution in [0.1, 0.15) is 41.8 Å². The molecule has 4 nitrogen and oxygen atoms in total. The van der Waals surface area contributed by atoms with E-state index in [1.54, 1.807) is 12.2 Å². The Kier molecular flexibility index (Phi) is 13.5. The summed E-state index contributed by atoms with van der Waals surface area (Å²) in [6.45, 7) is 16.2. The van der Waals surface area contributed by atoms with Crippen LogP contribution in [0.2, 0.25) is 0 Å². The monoisotopic (exact) mass is 704 g/mol. The standard InChI is InChI=1S/C49H43N3.CH5N/c1-7-9-17-35(3)18-16-20-37(5)45(8-2)50-47(48-33-31-40-21-11-15-25-46(40)51-48)32-28-38-26-29-39(30-27-38)44-34-52(6)49(41-22-12-10-19-36(41)4)43-24-14-13-23-42(43)44;1-2/h7-15,17-19,21-27,29-34,37H,1-2,4,28H2,3,5-6H3;2H2,1H3/b17-9-,35-18+,47-32-,49-41-,50-45?;. The molecule has 0 radical (unpaired) electrons. The number of allylic oxidation sites excluding steroid dienone is 7. The van der Waals surface area contributed by atoms with Crippen LogP contribution in [0.25, 0.3) is 34.4 Å². The zero-order valence-corrected chi connectivity index (χ0v) is 31.8. The van der Waals surface area contributed by atoms with Gasteiger partial charge in [-0.25, -0.2) is 4.98 Å². The van der Waals surface area contributed by atoms with Crippen LogP contribution in [-0.2, 0) is 6.42 Å². The summed E-state index contributed by atoms with van der Waals surface area (Å²) in [5.41, 5.74) is 16.0. The van der Waals surface area contributed by atoms with E-state index in [1.807, 2.05) is 55.5 Å². The van der Waals surface area contributed by atoms with Crippen LogP contribution < -0.4 is 16.2 Å². The molecule has 4 heteroatoms. The Morgan fingerprint density at radius 1 is 0.889 bits per heavy atom. The summed E-state index contributed by atoms with van der Waals surface area (Å²) < 4.78 is 0. The molecule has 0 saturated carbocycles. The minimum absolute atomic E-state index is 0.127. The Morgan fingerprint density at radius 3 is 2.33 bits per heavy atom. The fourth-order valence-electron chi connectivity index (χ4n) is 6.29. The van der Waals surface area contributed by atoms with Crippen molar-refractivity contribution in [1.82, 2.24) is 9.88 Å². The SMILES string of the molecule is C=C/C=C\C(C)=C\C#CC(C)C(C=C)=N/C(=C\Cc1ccc(C2=CN(C)/C(=c3/ccccc3=C)c3ccccc32)cc1)c1ccc2ccccc2n1.CN. The van der Waals surface area contributed by atoms with Crippen molar-refractivity contribution in [3.8, 4) is 11.8 Å². The number of hydrogen-bond acceptors (Lipinski definition) is 4. The fourth-order valence-corrected chi connectivity index (χ4v) is 6.29. The summed E-state index contributed by atoms with van der Waals surface area (Å²) in [5, 5.41) is 3.24. The average molecular weight is 705 g/mol. The molecule has 6 rings (SSSR count). The molecule has 5 aromatic rings. The maximum absolute atomic E-state index is 5.12. The summed E-state index contributed by atoms with van der Waals surface area (Å²) >= 11 is 0. The second-order valence-electron chi connectivity index (χ2n) is 12.8. The van der Waals surface area contributed by atoms with Crippen LogP contribution in [0.4, 0.5) is 0 Å². The maximum Gasteiger partial charge on any atom is 0.0890 e. The van der Waals surface area contributed by atoms with Gasteiger partial charge < -0.3 is 10.6 Å². The molecule has 0 bridgehead atoms. The molecule has 1 atom stereocenters. The number of nitrogens with two attached hydrogens (primary N) is 1. The van der Waals surface area contributed by atoms with E-state index in [4.69, 9.17) is 9.98 Å². The van der Waals surface area contributed by atoms with Crippen molar-refractivity contribution in [3.05, 3.63) is 209 Å². The Morgan fingerprint density at radius 2 is 1.59 bits per heavy atom. The Hall–Kier alpha value is -6.54. The third kappa shape index (κ3) is 9.27. The summed E-state index contributed by atoms with van der Waals surface area (Å²) in [6.07, 6.45) is 14.4. The van der Waals surface area contributed by atoms with Gasteiger partial charge in [0, 0.05) is 35.0 Å². The highest BCUT2D eigenvalue weighted by molar-refractivity contribution is 6.01. The second-order valence-corrected chi connectivity index (χ2v) is 12.8. The summed E-state index contributed by atoms with van der Waals surface area (Å²) in [6, 6.07) is 38.0. The summed E-state index contributed by atoms with van der Waals surface area (Å²) in [4.78, 5) is 12.3. The molecule has 0 spiro atoms. The molecule has 2 heterocycles. The molecule has 4 aromatic carbocycles. The molecule has 2 N–H and O–H groups in total. The van der Waals surface area contributed by atoms with Crippen LogP contribution >= 0.6 is 0 Å². The van der Waals surface area contributed by atoms with Gasteiger partial charge in [-0.15, -0.1) is 0 Å². The van der Waals surface area contributed by atoms with E-state index < -0.39 is 0 Å². The first-order chi connectivity index (χ1) is 26.4. The van der Waals surface area contributed by atoms with Crippen molar-refractivity contribution in [3.63, 3.8) is 0 Å². The number of para-hydroxylation sites is 1. The number of hydrogen-bond donors (Lipinski definition) is 1. The van der Waals surface area contributed by atoms with Crippen LogP contribution in [-0.4, -0.2) is 29.7 Å². The van der Waals surface area contributed by atoms with Gasteiger partial charge in [0.2, 0.25) is 0 Å². The average Bonchev–Trinajstić information content (AvgIpc) is 3.21. The first-order valence-corrected chi connectivity index (χ1v) is 18.1. The number of aromatic nitrogens is 1. The lowest BCUT2D eigenvalue weighted by atomic mass is 9.89. The lowest BCUT2D eigenvalue weighted by molar-refractivity contribution is 0.646. The number of fused-ring (bicyclic) bond motifs is 2. The minimum atomic E-state index is -0.127. The zero-order chi connectivity index (χ0) is 38.5. The van der Waals surface area contributed by atoms with Gasteiger partial charge in [-0.1, -0.05) is 153 Å². The summed E-state index contributed by atoms with van der Waals surface area (Å²) in [5.74, 6) is 6.37. The van der Waals surface area contributed by atoms with E-state index in [1.165, 1.54) is 29.3 Å². The van der Waals surface area contributed by atoms with Crippen LogP contribution in [0.15, 0.2) is 176 Å². The topological polar surface area (TPSA) is 54.5 Å². The molecule has 1 unspecified atom stereocenters. The first kappa shape index (κ1) is 38.7. The number of nitrogens with zero attached hydrogens (tertiary/aromatic N) is 3. The molecule has 54 heavy (non-hydrogen) atoms. The van der Waals surface area contributed by atoms with Crippen molar-refractivity contribution in [2.24, 2.45) is 16.6 Å². The van der Waals surface area contributed by atoms with Gasteiger partial charge >= 0.3 is 0 Å². The lowest BCUT2D eigenvalue weighted by Crippen LogP contribution is -2.32. The smallest absolute Gasteiger partial charge is 0.0890 e. The molecule has 0 aliphatic carbocycles. The fraction of sp³-hybridized carbons (Fsp3) is 0.120. The normalized spacial score (nSPS) is 14.6. The van der Waals surface area contributed by atoms with E-state index in [2.05, 4.69) is 147 Å². The molecular formula is C50H48N4. The number of rotatable bonds is 9. The van der Waals surface area contributed by atoms with Gasteiger partial charge in [0.15, 0.2) is 0 Å². The van der Waals surface area contributed by atoms with Gasteiger partial charge in [-0.05, 0) is 79.1 Å². The predicted molar refractivity (Wildman–Crippen MR) is 233 cm³/mol. The van der Waals surface area contributed by atoms with Crippen molar-refractivity contribution in [2.45, 2.75) is 20.3 Å². The molecule has 1 aliphatic rings. The zero-order valence-electron chi connectivity index (χ0n) is 31.8. The van der Waals surface area contributed by atoms with Gasteiger partial charge in [-0.3, -0.25) is 4.99 Å². The van der Waals surface area contributed by atoms with E-state index in [0.29, 0.717) is 6.42 Å². The lowest BCUT2D eigenvalue weighted by Gasteiger charge is -2.29. The molecule has 0 fully saturated rings. The van der Waals surface area contributed by atoms with E-state index in [-0.39, 0.29) is 5.92 Å². The third-order valence-corrected chi connectivity index (χ3v) is 9.07. The highest BCUT2D eigenvalue weighted by Gasteiger charge is 2.21. The largest absolute Gasteiger partial charge is 0.349 e. The Labute approximate surface area is 320 Å². The van der Waals surface area contributed by atoms with E-state index in [9.17, 15) is 0 Å². The molecular weight excluding hydrogens is 657 g/mol. The number of aliphatic imine (C=N–C) groups is 1. The molecule has 1 aromatic heterocycles. The van der Waals surface area contributed by atoms with Gasteiger partial charge in [-0.2, -0.15) is 0 Å². The van der Waals surface area contributed by atoms with E-state index in [0.717, 1.165) is 55.3 Å². The van der Waals surface area contributed by atoms with Crippen LogP contribution in [0, 0.1) is 17.8 Å². The molecule has 1 aliphatic heterocycles. The maximum atomic E-state index is 5.12. The van der Waals surface area contributed by atoms with Crippen LogP contribution in [0.5, 0.6) is 0 Å². The Bertz CT molecular complexity index is 2480. The number of benzene rings is 4. The van der Waals surface area contributed by atoms with Gasteiger partial charge in [0.25, 0.3) is 0 Å². The van der Waals surface area contributed by atoms with E-state index >= 15 is 0 Å². The van der Waals surface area contributed by atoms with Crippen molar-refractivity contribution >= 4 is 40.2 Å². The van der Waals surface area contributed by atoms with Crippen molar-refractivity contribution in [2.75, 3.05) is 14.1 Å². The number of pyridine rings is 1.